The van der Waals surface area contributed by atoms with Gasteiger partial charge in [0.1, 0.15) is 0 Å². The second kappa shape index (κ2) is 7.27. The fourth-order valence-corrected chi connectivity index (χ4v) is 2.19. The van der Waals surface area contributed by atoms with Gasteiger partial charge in [0.2, 0.25) is 0 Å². The van der Waals surface area contributed by atoms with Gasteiger partial charge in [0, 0.05) is 6.04 Å². The zero-order valence-corrected chi connectivity index (χ0v) is 10.3. The summed E-state index contributed by atoms with van der Waals surface area (Å²) in [6.45, 7) is 3.48. The van der Waals surface area contributed by atoms with Gasteiger partial charge in [0.05, 0.1) is 19.4 Å². The van der Waals surface area contributed by atoms with Crippen molar-refractivity contribution in [2.24, 2.45) is 5.92 Å². The smallest absolute Gasteiger partial charge is 0.306 e. The second-order valence-electron chi connectivity index (χ2n) is 4.51. The van der Waals surface area contributed by atoms with E-state index >= 15 is 0 Å². The lowest BCUT2D eigenvalue weighted by atomic mass is 10.1. The third kappa shape index (κ3) is 5.68. The van der Waals surface area contributed by atoms with Crippen LogP contribution in [0.25, 0.3) is 0 Å². The Morgan fingerprint density at radius 1 is 1.35 bits per heavy atom. The van der Waals surface area contributed by atoms with Crippen LogP contribution in [0.5, 0.6) is 0 Å². The number of rotatable bonds is 7. The van der Waals surface area contributed by atoms with E-state index in [0.29, 0.717) is 18.6 Å². The summed E-state index contributed by atoms with van der Waals surface area (Å²) in [5.74, 6) is -0.942. The summed E-state index contributed by atoms with van der Waals surface area (Å²) in [6.07, 6.45) is 3.07. The summed E-state index contributed by atoms with van der Waals surface area (Å²) in [7, 11) is 0. The van der Waals surface area contributed by atoms with Crippen molar-refractivity contribution in [3.05, 3.63) is 0 Å². The molecule has 5 nitrogen and oxygen atoms in total. The first kappa shape index (κ1) is 14.0. The van der Waals surface area contributed by atoms with Crippen molar-refractivity contribution in [1.82, 2.24) is 5.32 Å². The highest BCUT2D eigenvalue weighted by Gasteiger charge is 2.24. The van der Waals surface area contributed by atoms with Gasteiger partial charge in [-0.25, -0.2) is 0 Å². The molecule has 0 spiro atoms. The average Bonchev–Trinajstić information content (AvgIpc) is 2.72. The molecule has 0 aromatic rings. The number of aliphatic carboxylic acids is 1. The molecule has 2 unspecified atom stereocenters. The Morgan fingerprint density at radius 3 is 2.76 bits per heavy atom. The molecule has 0 aromatic heterocycles. The predicted octanol–water partition coefficient (Wildman–Crippen LogP) is 1.17. The molecule has 1 aliphatic rings. The summed E-state index contributed by atoms with van der Waals surface area (Å²) < 4.78 is 5.07. The van der Waals surface area contributed by atoms with Crippen molar-refractivity contribution in [3.63, 3.8) is 0 Å². The lowest BCUT2D eigenvalue weighted by Crippen LogP contribution is -2.26. The zero-order valence-electron chi connectivity index (χ0n) is 10.3. The Hall–Kier alpha value is -1.10. The Labute approximate surface area is 102 Å². The first-order chi connectivity index (χ1) is 8.11. The van der Waals surface area contributed by atoms with Crippen LogP contribution in [0.4, 0.5) is 0 Å². The van der Waals surface area contributed by atoms with Crippen LogP contribution < -0.4 is 5.32 Å². The maximum Gasteiger partial charge on any atom is 0.306 e. The molecule has 1 fully saturated rings. The monoisotopic (exact) mass is 243 g/mol. The minimum absolute atomic E-state index is 0.0291. The van der Waals surface area contributed by atoms with Crippen molar-refractivity contribution in [3.8, 4) is 0 Å². The average molecular weight is 243 g/mol. The van der Waals surface area contributed by atoms with Crippen LogP contribution in [-0.2, 0) is 14.3 Å². The van der Waals surface area contributed by atoms with Gasteiger partial charge in [-0.1, -0.05) is 6.92 Å². The molecule has 0 saturated heterocycles. The van der Waals surface area contributed by atoms with E-state index in [0.717, 1.165) is 25.8 Å². The molecule has 1 saturated carbocycles. The minimum Gasteiger partial charge on any atom is -0.481 e. The Balaban J connectivity index is 2.10. The van der Waals surface area contributed by atoms with E-state index in [1.54, 1.807) is 0 Å². The highest BCUT2D eigenvalue weighted by molar-refractivity contribution is 5.76. The lowest BCUT2D eigenvalue weighted by Gasteiger charge is -2.12. The zero-order chi connectivity index (χ0) is 12.7. The summed E-state index contributed by atoms with van der Waals surface area (Å²) in [6, 6.07) is 0.544. The lowest BCUT2D eigenvalue weighted by molar-refractivity contribution is -0.148. The molecule has 1 aliphatic carbocycles. The molecule has 0 bridgehead atoms. The number of nitrogens with one attached hydrogen (secondary N) is 1. The summed E-state index contributed by atoms with van der Waals surface area (Å²) in [5.41, 5.74) is 0. The van der Waals surface area contributed by atoms with Crippen molar-refractivity contribution < 1.29 is 19.4 Å². The number of carboxylic acid groups (broad SMARTS) is 1. The fourth-order valence-electron chi connectivity index (χ4n) is 2.19. The number of hydrogen-bond acceptors (Lipinski definition) is 4. The molecule has 5 heteroatoms. The van der Waals surface area contributed by atoms with Crippen molar-refractivity contribution in [2.45, 2.75) is 45.1 Å². The van der Waals surface area contributed by atoms with E-state index in [-0.39, 0.29) is 12.8 Å². The van der Waals surface area contributed by atoms with E-state index in [1.165, 1.54) is 0 Å². The van der Waals surface area contributed by atoms with Gasteiger partial charge < -0.3 is 15.2 Å². The maximum atomic E-state index is 11.2. The number of carboxylic acids is 1. The third-order valence-corrected chi connectivity index (χ3v) is 3.06. The molecule has 1 rings (SSSR count). The van der Waals surface area contributed by atoms with Crippen LogP contribution in [0.15, 0.2) is 0 Å². The van der Waals surface area contributed by atoms with Crippen molar-refractivity contribution >= 4 is 11.9 Å². The van der Waals surface area contributed by atoms with E-state index in [9.17, 15) is 9.59 Å². The number of carbonyl (C=O) groups is 2. The molecule has 98 valence electrons. The van der Waals surface area contributed by atoms with E-state index in [4.69, 9.17) is 9.84 Å². The Morgan fingerprint density at radius 2 is 2.12 bits per heavy atom. The van der Waals surface area contributed by atoms with Crippen LogP contribution in [0.2, 0.25) is 0 Å². The molecule has 0 radical (unpaired) electrons. The predicted molar refractivity (Wildman–Crippen MR) is 62.6 cm³/mol. The quantitative estimate of drug-likeness (QED) is 0.656. The van der Waals surface area contributed by atoms with Crippen LogP contribution in [0.1, 0.15) is 39.0 Å². The topological polar surface area (TPSA) is 75.6 Å². The van der Waals surface area contributed by atoms with Gasteiger partial charge in [0.15, 0.2) is 0 Å². The van der Waals surface area contributed by atoms with Crippen LogP contribution >= 0.6 is 0 Å². The third-order valence-electron chi connectivity index (χ3n) is 3.06. The van der Waals surface area contributed by atoms with Gasteiger partial charge in [-0.05, 0) is 31.7 Å². The van der Waals surface area contributed by atoms with E-state index < -0.39 is 11.9 Å². The molecule has 17 heavy (non-hydrogen) atoms. The largest absolute Gasteiger partial charge is 0.481 e. The SMILES string of the molecule is CCNC1CCC(COC(=O)CCC(=O)O)C1. The molecule has 2 N–H and O–H groups in total. The summed E-state index contributed by atoms with van der Waals surface area (Å²) in [5, 5.41) is 11.8. The van der Waals surface area contributed by atoms with Gasteiger partial charge in [-0.3, -0.25) is 9.59 Å². The normalized spacial score (nSPS) is 23.6. The van der Waals surface area contributed by atoms with Crippen molar-refractivity contribution in [1.29, 1.82) is 0 Å². The Bertz CT molecular complexity index is 267. The standard InChI is InChI=1S/C12H21NO4/c1-2-13-10-4-3-9(7-10)8-17-12(16)6-5-11(14)15/h9-10,13H,2-8H2,1H3,(H,14,15). The number of ether oxygens (including phenoxy) is 1. The summed E-state index contributed by atoms with van der Waals surface area (Å²) >= 11 is 0. The highest BCUT2D eigenvalue weighted by Crippen LogP contribution is 2.25. The van der Waals surface area contributed by atoms with Crippen LogP contribution in [-0.4, -0.2) is 36.2 Å². The highest BCUT2D eigenvalue weighted by atomic mass is 16.5. The van der Waals surface area contributed by atoms with Gasteiger partial charge >= 0.3 is 11.9 Å². The molecule has 0 aromatic carbocycles. The van der Waals surface area contributed by atoms with E-state index in [2.05, 4.69) is 12.2 Å². The molecule has 0 heterocycles. The molecular formula is C12H21NO4. The number of hydrogen-bond donors (Lipinski definition) is 2. The van der Waals surface area contributed by atoms with Crippen molar-refractivity contribution in [2.75, 3.05) is 13.2 Å². The molecule has 2 atom stereocenters. The minimum atomic E-state index is -0.963. The number of esters is 1. The number of carbonyl (C=O) groups excluding carboxylic acids is 1. The van der Waals surface area contributed by atoms with Gasteiger partial charge in [-0.15, -0.1) is 0 Å². The van der Waals surface area contributed by atoms with E-state index in [1.807, 2.05) is 0 Å². The maximum absolute atomic E-state index is 11.2. The molecule has 0 amide bonds. The first-order valence-electron chi connectivity index (χ1n) is 6.22. The summed E-state index contributed by atoms with van der Waals surface area (Å²) in [4.78, 5) is 21.5. The molecule has 0 aliphatic heterocycles. The van der Waals surface area contributed by atoms with Gasteiger partial charge in [0.25, 0.3) is 0 Å². The van der Waals surface area contributed by atoms with Crippen LogP contribution in [0.3, 0.4) is 0 Å². The van der Waals surface area contributed by atoms with Gasteiger partial charge in [-0.2, -0.15) is 0 Å². The first-order valence-corrected chi connectivity index (χ1v) is 6.22. The second-order valence-corrected chi connectivity index (χ2v) is 4.51. The van der Waals surface area contributed by atoms with Crippen LogP contribution in [0, 0.1) is 5.92 Å². The fraction of sp³-hybridized carbons (Fsp3) is 0.833. The molecular weight excluding hydrogens is 222 g/mol. The Kier molecular flexibility index (Phi) is 5.97.